The summed E-state index contributed by atoms with van der Waals surface area (Å²) in [6.07, 6.45) is 7.41. The molecule has 1 atom stereocenters. The molecular formula is C27H31NO5. The summed E-state index contributed by atoms with van der Waals surface area (Å²) in [5.41, 5.74) is 2.20. The maximum absolute atomic E-state index is 12.6. The number of Topliss-reactive ketones (excluding diaryl/α,β-unsaturated/α-hetero) is 1. The zero-order valence-corrected chi connectivity index (χ0v) is 19.1. The molecule has 33 heavy (non-hydrogen) atoms. The third kappa shape index (κ3) is 7.31. The van der Waals surface area contributed by atoms with Crippen LogP contribution in [0.15, 0.2) is 60.7 Å². The highest BCUT2D eigenvalue weighted by Gasteiger charge is 2.37. The first-order valence-corrected chi connectivity index (χ1v) is 11.5. The molecule has 1 aliphatic heterocycles. The van der Waals surface area contributed by atoms with Gasteiger partial charge in [-0.05, 0) is 68.4 Å². The lowest BCUT2D eigenvalue weighted by Crippen LogP contribution is -2.43. The van der Waals surface area contributed by atoms with Gasteiger partial charge in [-0.25, -0.2) is 4.79 Å². The lowest BCUT2D eigenvalue weighted by Gasteiger charge is -2.21. The summed E-state index contributed by atoms with van der Waals surface area (Å²) < 4.78 is 10.6. The van der Waals surface area contributed by atoms with Crippen molar-refractivity contribution in [2.45, 2.75) is 45.1 Å². The molecule has 0 bridgehead atoms. The van der Waals surface area contributed by atoms with E-state index in [2.05, 4.69) is 24.3 Å². The lowest BCUT2D eigenvalue weighted by atomic mass is 10.1. The van der Waals surface area contributed by atoms with Gasteiger partial charge in [-0.3, -0.25) is 9.59 Å². The molecule has 6 nitrogen and oxygen atoms in total. The zero-order valence-electron chi connectivity index (χ0n) is 19.1. The summed E-state index contributed by atoms with van der Waals surface area (Å²) in [5.74, 6) is -1.02. The molecule has 1 heterocycles. The summed E-state index contributed by atoms with van der Waals surface area (Å²) in [6.45, 7) is 2.90. The molecule has 0 spiro atoms. The van der Waals surface area contributed by atoms with E-state index in [-0.39, 0.29) is 12.5 Å². The Labute approximate surface area is 195 Å². The van der Waals surface area contributed by atoms with Crippen LogP contribution in [-0.2, 0) is 25.5 Å². The molecule has 3 rings (SSSR count). The van der Waals surface area contributed by atoms with E-state index in [9.17, 15) is 14.4 Å². The van der Waals surface area contributed by atoms with Crippen LogP contribution in [0.1, 0.15) is 43.7 Å². The van der Waals surface area contributed by atoms with E-state index < -0.39 is 17.8 Å². The number of hydrogen-bond acceptors (Lipinski definition) is 5. The van der Waals surface area contributed by atoms with Crippen molar-refractivity contribution in [3.63, 3.8) is 0 Å². The standard InChI is InChI=1S/C27H31NO5/c1-2-32-27(31)26(30)24-12-8-19-28(24)25(29)18-15-22-13-16-23(17-14-22)33-20-7-6-11-21-9-4-3-5-10-21/h3-5,9-10,13-18,24H,2,6-8,11-12,19-20H2,1H3/t24-/m0/s1. The van der Waals surface area contributed by atoms with Crippen LogP contribution < -0.4 is 4.74 Å². The van der Waals surface area contributed by atoms with Crippen LogP contribution in [0.4, 0.5) is 0 Å². The van der Waals surface area contributed by atoms with Crippen molar-refractivity contribution < 1.29 is 23.9 Å². The van der Waals surface area contributed by atoms with E-state index in [1.165, 1.54) is 16.5 Å². The van der Waals surface area contributed by atoms with E-state index in [1.807, 2.05) is 30.3 Å². The number of likely N-dealkylation sites (tertiary alicyclic amines) is 1. The number of rotatable bonds is 11. The topological polar surface area (TPSA) is 72.9 Å². The predicted molar refractivity (Wildman–Crippen MR) is 127 cm³/mol. The number of benzene rings is 2. The minimum atomic E-state index is -0.873. The fourth-order valence-electron chi connectivity index (χ4n) is 3.85. The predicted octanol–water partition coefficient (Wildman–Crippen LogP) is 4.22. The Morgan fingerprint density at radius 1 is 1.03 bits per heavy atom. The van der Waals surface area contributed by atoms with Crippen LogP contribution in [-0.4, -0.2) is 48.4 Å². The summed E-state index contributed by atoms with van der Waals surface area (Å²) in [6, 6.07) is 17.2. The van der Waals surface area contributed by atoms with E-state index >= 15 is 0 Å². The molecule has 0 N–H and O–H groups in total. The monoisotopic (exact) mass is 449 g/mol. The van der Waals surface area contributed by atoms with Gasteiger partial charge >= 0.3 is 5.97 Å². The Morgan fingerprint density at radius 2 is 1.79 bits per heavy atom. The van der Waals surface area contributed by atoms with Gasteiger partial charge in [0.15, 0.2) is 0 Å². The minimum Gasteiger partial charge on any atom is -0.494 e. The smallest absolute Gasteiger partial charge is 0.376 e. The third-order valence-corrected chi connectivity index (χ3v) is 5.58. The Hall–Kier alpha value is -3.41. The van der Waals surface area contributed by atoms with Crippen LogP contribution in [0.25, 0.3) is 6.08 Å². The first kappa shape index (κ1) is 24.2. The second-order valence-corrected chi connectivity index (χ2v) is 7.97. The highest BCUT2D eigenvalue weighted by molar-refractivity contribution is 6.36. The van der Waals surface area contributed by atoms with Gasteiger partial charge in [-0.2, -0.15) is 0 Å². The van der Waals surface area contributed by atoms with Crippen LogP contribution in [0, 0.1) is 0 Å². The normalized spacial score (nSPS) is 15.5. The Balaban J connectivity index is 1.43. The van der Waals surface area contributed by atoms with Gasteiger partial charge in [0, 0.05) is 12.6 Å². The van der Waals surface area contributed by atoms with Crippen molar-refractivity contribution >= 4 is 23.7 Å². The van der Waals surface area contributed by atoms with Crippen LogP contribution in [0.5, 0.6) is 5.75 Å². The van der Waals surface area contributed by atoms with Crippen molar-refractivity contribution in [2.24, 2.45) is 0 Å². The second kappa shape index (κ2) is 12.6. The number of hydrogen-bond donors (Lipinski definition) is 0. The number of esters is 1. The van der Waals surface area contributed by atoms with Gasteiger partial charge in [-0.15, -0.1) is 0 Å². The minimum absolute atomic E-state index is 0.137. The van der Waals surface area contributed by atoms with Crippen LogP contribution in [0.3, 0.4) is 0 Å². The van der Waals surface area contributed by atoms with E-state index in [0.29, 0.717) is 26.0 Å². The largest absolute Gasteiger partial charge is 0.494 e. The second-order valence-electron chi connectivity index (χ2n) is 7.97. The van der Waals surface area contributed by atoms with Gasteiger partial charge < -0.3 is 14.4 Å². The van der Waals surface area contributed by atoms with Crippen LogP contribution >= 0.6 is 0 Å². The fraction of sp³-hybridized carbons (Fsp3) is 0.370. The Bertz CT molecular complexity index is 952. The Morgan fingerprint density at radius 3 is 2.52 bits per heavy atom. The molecule has 0 aromatic heterocycles. The first-order chi connectivity index (χ1) is 16.1. The lowest BCUT2D eigenvalue weighted by molar-refractivity contribution is -0.156. The quantitative estimate of drug-likeness (QED) is 0.222. The average Bonchev–Trinajstić information content (AvgIpc) is 3.33. The van der Waals surface area contributed by atoms with Gasteiger partial charge in [0.05, 0.1) is 13.2 Å². The molecule has 2 aromatic carbocycles. The zero-order chi connectivity index (χ0) is 23.5. The SMILES string of the molecule is CCOC(=O)C(=O)[C@@H]1CCCN1C(=O)C=Cc1ccc(OCCCCc2ccccc2)cc1. The fourth-order valence-corrected chi connectivity index (χ4v) is 3.85. The summed E-state index contributed by atoms with van der Waals surface area (Å²) in [4.78, 5) is 38.0. The van der Waals surface area contributed by atoms with Crippen LogP contribution in [0.2, 0.25) is 0 Å². The molecule has 1 aliphatic rings. The number of ether oxygens (including phenoxy) is 2. The molecule has 0 saturated carbocycles. The molecule has 174 valence electrons. The van der Waals surface area contributed by atoms with Gasteiger partial charge in [0.2, 0.25) is 5.91 Å². The first-order valence-electron chi connectivity index (χ1n) is 11.5. The van der Waals surface area contributed by atoms with E-state index in [1.54, 1.807) is 13.0 Å². The Kier molecular flexibility index (Phi) is 9.24. The van der Waals surface area contributed by atoms with Crippen molar-refractivity contribution in [1.82, 2.24) is 4.90 Å². The van der Waals surface area contributed by atoms with Gasteiger partial charge in [0.1, 0.15) is 11.8 Å². The van der Waals surface area contributed by atoms with Crippen molar-refractivity contribution in [3.8, 4) is 5.75 Å². The van der Waals surface area contributed by atoms with Gasteiger partial charge in [0.25, 0.3) is 5.78 Å². The highest BCUT2D eigenvalue weighted by Crippen LogP contribution is 2.20. The number of nitrogens with zero attached hydrogens (tertiary/aromatic N) is 1. The third-order valence-electron chi connectivity index (χ3n) is 5.58. The number of ketones is 1. The number of aryl methyl sites for hydroxylation is 1. The number of amides is 1. The van der Waals surface area contributed by atoms with Gasteiger partial charge in [-0.1, -0.05) is 42.5 Å². The van der Waals surface area contributed by atoms with E-state index in [0.717, 1.165) is 30.6 Å². The average molecular weight is 450 g/mol. The van der Waals surface area contributed by atoms with Crippen molar-refractivity contribution in [2.75, 3.05) is 19.8 Å². The number of unbranched alkanes of at least 4 members (excludes halogenated alkanes) is 1. The molecule has 6 heteroatoms. The molecule has 0 aliphatic carbocycles. The number of carbonyl (C=O) groups is 3. The maximum atomic E-state index is 12.6. The highest BCUT2D eigenvalue weighted by atomic mass is 16.5. The molecule has 1 saturated heterocycles. The summed E-state index contributed by atoms with van der Waals surface area (Å²) in [7, 11) is 0. The molecule has 0 unspecified atom stereocenters. The maximum Gasteiger partial charge on any atom is 0.376 e. The summed E-state index contributed by atoms with van der Waals surface area (Å²) in [5, 5.41) is 0. The molecule has 1 amide bonds. The van der Waals surface area contributed by atoms with Crippen molar-refractivity contribution in [1.29, 1.82) is 0 Å². The van der Waals surface area contributed by atoms with Crippen molar-refractivity contribution in [3.05, 3.63) is 71.8 Å². The molecular weight excluding hydrogens is 418 g/mol. The molecule has 0 radical (unpaired) electrons. The van der Waals surface area contributed by atoms with E-state index in [4.69, 9.17) is 9.47 Å². The molecule has 2 aromatic rings. The number of carbonyl (C=O) groups excluding carboxylic acids is 3. The summed E-state index contributed by atoms with van der Waals surface area (Å²) >= 11 is 0. The molecule has 1 fully saturated rings.